The molecule has 0 bridgehead atoms. The van der Waals surface area contributed by atoms with Gasteiger partial charge in [-0.2, -0.15) is 5.10 Å². The first kappa shape index (κ1) is 8.99. The van der Waals surface area contributed by atoms with Crippen LogP contribution < -0.4 is 0 Å². The van der Waals surface area contributed by atoms with Gasteiger partial charge in [0.1, 0.15) is 12.5 Å². The minimum Gasteiger partial charge on any atom is -0.469 e. The van der Waals surface area contributed by atoms with Gasteiger partial charge in [-0.25, -0.2) is 9.40 Å². The molecular weight excluding hydrogens is 183 g/mol. The molecule has 1 aliphatic heterocycles. The van der Waals surface area contributed by atoms with Gasteiger partial charge in [0.15, 0.2) is 6.17 Å². The molecule has 1 heterocycles. The highest BCUT2D eigenvalue weighted by atomic mass is 19.1. The van der Waals surface area contributed by atoms with E-state index in [-0.39, 0.29) is 0 Å². The lowest BCUT2D eigenvalue weighted by molar-refractivity contribution is 0.347. The third-order valence-electron chi connectivity index (χ3n) is 2.02. The molecule has 0 aromatic heterocycles. The summed E-state index contributed by atoms with van der Waals surface area (Å²) in [4.78, 5) is 0. The van der Waals surface area contributed by atoms with E-state index in [1.54, 1.807) is 17.4 Å². The largest absolute Gasteiger partial charge is 0.469 e. The molecule has 14 heavy (non-hydrogen) atoms. The average molecular weight is 194 g/mol. The molecule has 0 aromatic carbocycles. The van der Waals surface area contributed by atoms with E-state index in [0.717, 1.165) is 6.42 Å². The van der Waals surface area contributed by atoms with Crippen LogP contribution in [-0.2, 0) is 4.74 Å². The molecule has 0 aromatic rings. The Labute approximate surface area is 81.8 Å². The van der Waals surface area contributed by atoms with Gasteiger partial charge < -0.3 is 4.74 Å². The van der Waals surface area contributed by atoms with Crippen molar-refractivity contribution in [1.29, 1.82) is 0 Å². The summed E-state index contributed by atoms with van der Waals surface area (Å²) in [6.07, 6.45) is 10.1. The summed E-state index contributed by atoms with van der Waals surface area (Å²) in [7, 11) is 0. The molecular formula is C10H11FN2O. The van der Waals surface area contributed by atoms with E-state index in [1.165, 1.54) is 18.6 Å². The van der Waals surface area contributed by atoms with Crippen LogP contribution in [-0.4, -0.2) is 16.9 Å². The predicted octanol–water partition coefficient (Wildman–Crippen LogP) is 2.31. The predicted molar refractivity (Wildman–Crippen MR) is 51.9 cm³/mol. The third-order valence-corrected chi connectivity index (χ3v) is 2.02. The van der Waals surface area contributed by atoms with E-state index in [2.05, 4.69) is 5.10 Å². The molecule has 1 atom stereocenters. The van der Waals surface area contributed by atoms with Gasteiger partial charge in [0.25, 0.3) is 0 Å². The summed E-state index contributed by atoms with van der Waals surface area (Å²) in [6.45, 7) is 0. The van der Waals surface area contributed by atoms with Gasteiger partial charge in [-0.1, -0.05) is 6.08 Å². The van der Waals surface area contributed by atoms with Crippen LogP contribution in [0.1, 0.15) is 12.8 Å². The lowest BCUT2D eigenvalue weighted by atomic mass is 10.0. The topological polar surface area (TPSA) is 24.8 Å². The fourth-order valence-electron chi connectivity index (χ4n) is 1.31. The van der Waals surface area contributed by atoms with Crippen molar-refractivity contribution in [2.24, 2.45) is 5.10 Å². The zero-order valence-electron chi connectivity index (χ0n) is 7.64. The van der Waals surface area contributed by atoms with E-state index < -0.39 is 6.17 Å². The molecule has 0 fully saturated rings. The Morgan fingerprint density at radius 3 is 2.93 bits per heavy atom. The molecule has 0 saturated carbocycles. The molecule has 1 unspecified atom stereocenters. The van der Waals surface area contributed by atoms with Gasteiger partial charge >= 0.3 is 0 Å². The summed E-state index contributed by atoms with van der Waals surface area (Å²) in [6, 6.07) is 0. The van der Waals surface area contributed by atoms with Crippen molar-refractivity contribution in [3.8, 4) is 0 Å². The summed E-state index contributed by atoms with van der Waals surface area (Å²) >= 11 is 0. The maximum atomic E-state index is 13.3. The monoisotopic (exact) mass is 194 g/mol. The lowest BCUT2D eigenvalue weighted by Crippen LogP contribution is -2.20. The Hall–Kier alpha value is -1.58. The van der Waals surface area contributed by atoms with Crippen molar-refractivity contribution in [1.82, 2.24) is 5.01 Å². The smallest absolute Gasteiger partial charge is 0.158 e. The molecule has 3 nitrogen and oxygen atoms in total. The standard InChI is InChI=1S/C10H11FN2O/c11-9-3-1-2-4-10(9)12-13-5-7-14-8-6-13/h1,3,5-9H,2,4H2. The number of hydrogen-bond acceptors (Lipinski definition) is 3. The second-order valence-electron chi connectivity index (χ2n) is 3.05. The fourth-order valence-corrected chi connectivity index (χ4v) is 1.31. The molecule has 0 N–H and O–H groups in total. The first-order chi connectivity index (χ1) is 6.86. The van der Waals surface area contributed by atoms with E-state index in [4.69, 9.17) is 4.74 Å². The molecule has 1 aliphatic carbocycles. The van der Waals surface area contributed by atoms with Gasteiger partial charge in [0.05, 0.1) is 18.1 Å². The zero-order chi connectivity index (χ0) is 9.80. The van der Waals surface area contributed by atoms with Crippen LogP contribution in [0.5, 0.6) is 0 Å². The second-order valence-corrected chi connectivity index (χ2v) is 3.05. The number of hydrogen-bond donors (Lipinski definition) is 0. The van der Waals surface area contributed by atoms with Gasteiger partial charge in [0.2, 0.25) is 0 Å². The molecule has 0 spiro atoms. The number of nitrogens with zero attached hydrogens (tertiary/aromatic N) is 2. The van der Waals surface area contributed by atoms with E-state index in [1.807, 2.05) is 6.08 Å². The summed E-state index contributed by atoms with van der Waals surface area (Å²) in [5.41, 5.74) is 0.559. The Morgan fingerprint density at radius 2 is 2.21 bits per heavy atom. The maximum absolute atomic E-state index is 13.3. The van der Waals surface area contributed by atoms with Crippen molar-refractivity contribution in [2.45, 2.75) is 19.0 Å². The summed E-state index contributed by atoms with van der Waals surface area (Å²) in [5, 5.41) is 5.69. The SMILES string of the molecule is FC1C=CCCC1=NN1C=COC=C1. The molecule has 74 valence electrons. The van der Waals surface area contributed by atoms with Gasteiger partial charge in [-0.15, -0.1) is 0 Å². The van der Waals surface area contributed by atoms with E-state index in [9.17, 15) is 4.39 Å². The minimum atomic E-state index is -1.05. The highest BCUT2D eigenvalue weighted by Crippen LogP contribution is 2.13. The number of alkyl halides is 1. The van der Waals surface area contributed by atoms with Gasteiger partial charge in [-0.05, 0) is 18.9 Å². The minimum absolute atomic E-state index is 0.559. The zero-order valence-corrected chi connectivity index (χ0v) is 7.64. The molecule has 2 rings (SSSR count). The normalized spacial score (nSPS) is 28.2. The molecule has 0 amide bonds. The van der Waals surface area contributed by atoms with Crippen LogP contribution in [0.25, 0.3) is 0 Å². The van der Waals surface area contributed by atoms with Gasteiger partial charge in [-0.3, -0.25) is 0 Å². The number of hydrazone groups is 1. The van der Waals surface area contributed by atoms with Crippen molar-refractivity contribution in [3.63, 3.8) is 0 Å². The van der Waals surface area contributed by atoms with Crippen LogP contribution >= 0.6 is 0 Å². The Kier molecular flexibility index (Phi) is 2.62. The van der Waals surface area contributed by atoms with Crippen LogP contribution in [0, 0.1) is 0 Å². The molecule has 2 aliphatic rings. The second kappa shape index (κ2) is 4.09. The number of rotatable bonds is 1. The van der Waals surface area contributed by atoms with Crippen LogP contribution in [0.2, 0.25) is 0 Å². The summed E-state index contributed by atoms with van der Waals surface area (Å²) < 4.78 is 18.1. The number of ether oxygens (including phenoxy) is 1. The van der Waals surface area contributed by atoms with Crippen molar-refractivity contribution in [2.75, 3.05) is 0 Å². The molecule has 4 heteroatoms. The van der Waals surface area contributed by atoms with Gasteiger partial charge in [0, 0.05) is 0 Å². The van der Waals surface area contributed by atoms with Crippen molar-refractivity contribution >= 4 is 5.71 Å². The van der Waals surface area contributed by atoms with E-state index in [0.29, 0.717) is 12.1 Å². The summed E-state index contributed by atoms with van der Waals surface area (Å²) in [5.74, 6) is 0. The third kappa shape index (κ3) is 2.02. The Bertz CT molecular complexity index is 308. The number of allylic oxidation sites excluding steroid dienone is 2. The highest BCUT2D eigenvalue weighted by Gasteiger charge is 2.15. The quantitative estimate of drug-likeness (QED) is 0.598. The van der Waals surface area contributed by atoms with Crippen LogP contribution in [0.15, 0.2) is 42.2 Å². The number of halogens is 1. The fraction of sp³-hybridized carbons (Fsp3) is 0.300. The first-order valence-electron chi connectivity index (χ1n) is 4.51. The lowest BCUT2D eigenvalue weighted by Gasteiger charge is -2.17. The van der Waals surface area contributed by atoms with Crippen molar-refractivity contribution < 1.29 is 9.13 Å². The maximum Gasteiger partial charge on any atom is 0.158 e. The average Bonchev–Trinajstić information content (AvgIpc) is 2.23. The van der Waals surface area contributed by atoms with Crippen LogP contribution in [0.3, 0.4) is 0 Å². The molecule has 0 radical (unpaired) electrons. The Morgan fingerprint density at radius 1 is 1.43 bits per heavy atom. The van der Waals surface area contributed by atoms with E-state index >= 15 is 0 Å². The molecule has 0 saturated heterocycles. The first-order valence-corrected chi connectivity index (χ1v) is 4.51. The Balaban J connectivity index is 2.09. The van der Waals surface area contributed by atoms with Crippen molar-refractivity contribution in [3.05, 3.63) is 37.1 Å². The highest BCUT2D eigenvalue weighted by molar-refractivity contribution is 5.91. The van der Waals surface area contributed by atoms with Crippen LogP contribution in [0.4, 0.5) is 4.39 Å².